The standard InChI is InChI=1S/C16H17ClN4O2S2/c1-10-13-8-11(17)5-6-14(13)24-15(10)25(22,23)21-16(18)20-9-12-4-2-3-7-19-12/h2-8,13-14H,9H2,1H3,(H3,18,20,21). The van der Waals surface area contributed by atoms with Crippen LogP contribution in [0.25, 0.3) is 0 Å². The van der Waals surface area contributed by atoms with Crippen molar-refractivity contribution >= 4 is 39.3 Å². The fourth-order valence-electron chi connectivity index (χ4n) is 2.62. The summed E-state index contributed by atoms with van der Waals surface area (Å²) in [6.07, 6.45) is 7.21. The zero-order valence-electron chi connectivity index (χ0n) is 13.4. The minimum absolute atomic E-state index is 0.0187. The fourth-order valence-corrected chi connectivity index (χ4v) is 5.86. The largest absolute Gasteiger partial charge is 0.369 e. The first-order valence-corrected chi connectivity index (χ1v) is 10.2. The van der Waals surface area contributed by atoms with Crippen LogP contribution in [0.5, 0.6) is 0 Å². The van der Waals surface area contributed by atoms with Crippen LogP contribution in [0.1, 0.15) is 12.6 Å². The van der Waals surface area contributed by atoms with Crippen molar-refractivity contribution in [3.8, 4) is 0 Å². The summed E-state index contributed by atoms with van der Waals surface area (Å²) in [5.74, 6) is -0.198. The zero-order valence-corrected chi connectivity index (χ0v) is 15.8. The van der Waals surface area contributed by atoms with Crippen LogP contribution in [0.2, 0.25) is 0 Å². The van der Waals surface area contributed by atoms with Crippen LogP contribution in [0.3, 0.4) is 0 Å². The normalized spacial score (nSPS) is 23.4. The third-order valence-electron chi connectivity index (χ3n) is 3.83. The summed E-state index contributed by atoms with van der Waals surface area (Å²) in [6.45, 7) is 2.08. The Morgan fingerprint density at radius 2 is 2.28 bits per heavy atom. The number of allylic oxidation sites excluding steroid dienone is 4. The van der Waals surface area contributed by atoms with Crippen LogP contribution in [0.4, 0.5) is 0 Å². The lowest BCUT2D eigenvalue weighted by Gasteiger charge is -2.16. The van der Waals surface area contributed by atoms with Crippen molar-refractivity contribution in [2.75, 3.05) is 0 Å². The van der Waals surface area contributed by atoms with Crippen molar-refractivity contribution in [1.29, 1.82) is 0 Å². The highest BCUT2D eigenvalue weighted by Crippen LogP contribution is 2.48. The molecule has 0 aromatic carbocycles. The summed E-state index contributed by atoms with van der Waals surface area (Å²) < 4.78 is 29.2. The lowest BCUT2D eigenvalue weighted by Crippen LogP contribution is -2.32. The van der Waals surface area contributed by atoms with E-state index in [2.05, 4.69) is 14.7 Å². The molecule has 0 radical (unpaired) electrons. The third-order valence-corrected chi connectivity index (χ3v) is 7.49. The number of guanidine groups is 1. The number of nitrogens with zero attached hydrogens (tertiary/aromatic N) is 2. The number of thioether (sulfide) groups is 1. The average molecular weight is 397 g/mol. The van der Waals surface area contributed by atoms with Crippen molar-refractivity contribution in [2.24, 2.45) is 16.0 Å². The number of fused-ring (bicyclic) bond motifs is 1. The molecule has 0 saturated heterocycles. The molecule has 2 atom stereocenters. The number of nitrogens with two attached hydrogens (primary N) is 1. The summed E-state index contributed by atoms with van der Waals surface area (Å²) in [5.41, 5.74) is 7.21. The Morgan fingerprint density at radius 3 is 3.00 bits per heavy atom. The van der Waals surface area contributed by atoms with Crippen LogP contribution >= 0.6 is 23.4 Å². The van der Waals surface area contributed by atoms with Gasteiger partial charge < -0.3 is 11.1 Å². The average Bonchev–Trinajstić information content (AvgIpc) is 2.91. The number of hydrogen-bond acceptors (Lipinski definition) is 4. The summed E-state index contributed by atoms with van der Waals surface area (Å²) in [5, 5.41) is 3.40. The van der Waals surface area contributed by atoms with E-state index in [0.717, 1.165) is 11.3 Å². The third kappa shape index (κ3) is 4.08. The second kappa shape index (κ2) is 7.23. The molecule has 0 saturated carbocycles. The summed E-state index contributed by atoms with van der Waals surface area (Å²) in [6, 6.07) is 5.44. The molecular weight excluding hydrogens is 380 g/mol. The minimum atomic E-state index is -3.87. The van der Waals surface area contributed by atoms with Crippen molar-refractivity contribution in [3.05, 3.63) is 63.2 Å². The molecule has 0 spiro atoms. The monoisotopic (exact) mass is 396 g/mol. The van der Waals surface area contributed by atoms with E-state index < -0.39 is 10.0 Å². The van der Waals surface area contributed by atoms with Crippen LogP contribution in [-0.4, -0.2) is 24.6 Å². The Kier molecular flexibility index (Phi) is 5.21. The van der Waals surface area contributed by atoms with Crippen LogP contribution in [0, 0.1) is 5.92 Å². The van der Waals surface area contributed by atoms with Crippen LogP contribution < -0.4 is 11.1 Å². The number of sulfonamides is 1. The van der Waals surface area contributed by atoms with Gasteiger partial charge in [-0.15, -0.1) is 16.2 Å². The maximum atomic E-state index is 12.6. The molecule has 2 unspecified atom stereocenters. The maximum Gasteiger partial charge on any atom is 0.291 e. The number of aromatic nitrogens is 1. The number of pyridine rings is 1. The molecule has 132 valence electrons. The molecule has 25 heavy (non-hydrogen) atoms. The molecular formula is C16H17ClN4O2S2. The Balaban J connectivity index is 1.76. The predicted octanol–water partition coefficient (Wildman–Crippen LogP) is 2.47. The molecule has 0 amide bonds. The van der Waals surface area contributed by atoms with Crippen LogP contribution in [-0.2, 0) is 16.6 Å². The molecule has 3 N–H and O–H groups in total. The molecule has 1 aromatic rings. The summed E-state index contributed by atoms with van der Waals surface area (Å²) >= 11 is 7.29. The SMILES string of the molecule is CC1=C(S(=O)(=O)/N=C(\N)NCc2ccccn2)SC2C=CC(Cl)=CC12. The summed E-state index contributed by atoms with van der Waals surface area (Å²) in [4.78, 5) is 4.13. The molecule has 1 aliphatic carbocycles. The predicted molar refractivity (Wildman–Crippen MR) is 102 cm³/mol. The molecule has 6 nitrogen and oxygen atoms in total. The Morgan fingerprint density at radius 1 is 1.48 bits per heavy atom. The molecule has 1 aliphatic heterocycles. The molecule has 2 aliphatic rings. The highest BCUT2D eigenvalue weighted by atomic mass is 35.5. The van der Waals surface area contributed by atoms with E-state index >= 15 is 0 Å². The molecule has 9 heteroatoms. The van der Waals surface area contributed by atoms with Gasteiger partial charge in [0.05, 0.1) is 12.2 Å². The Hall–Kier alpha value is -1.77. The number of hydrogen-bond donors (Lipinski definition) is 2. The highest BCUT2D eigenvalue weighted by molar-refractivity contribution is 8.19. The van der Waals surface area contributed by atoms with Gasteiger partial charge in [0.2, 0.25) is 5.96 Å². The van der Waals surface area contributed by atoms with Gasteiger partial charge in [0, 0.05) is 22.4 Å². The van der Waals surface area contributed by atoms with Gasteiger partial charge >= 0.3 is 0 Å². The van der Waals surface area contributed by atoms with Crippen LogP contribution in [0.15, 0.2) is 61.9 Å². The van der Waals surface area contributed by atoms with E-state index in [-0.39, 0.29) is 21.4 Å². The quantitative estimate of drug-likeness (QED) is 0.599. The first kappa shape index (κ1) is 18.0. The molecule has 3 rings (SSSR count). The van der Waals surface area contributed by atoms with Gasteiger partial charge in [-0.05, 0) is 30.7 Å². The topological polar surface area (TPSA) is 97.4 Å². The van der Waals surface area contributed by atoms with Crippen molar-refractivity contribution in [1.82, 2.24) is 10.3 Å². The maximum absolute atomic E-state index is 12.6. The van der Waals surface area contributed by atoms with Gasteiger partial charge in [0.25, 0.3) is 10.0 Å². The number of rotatable bonds is 4. The van der Waals surface area contributed by atoms with Gasteiger partial charge in [-0.1, -0.05) is 29.8 Å². The second-order valence-electron chi connectivity index (χ2n) is 5.62. The van der Waals surface area contributed by atoms with Gasteiger partial charge in [-0.3, -0.25) is 4.98 Å². The Labute approximate surface area is 156 Å². The molecule has 0 bridgehead atoms. The van der Waals surface area contributed by atoms with E-state index in [0.29, 0.717) is 11.6 Å². The van der Waals surface area contributed by atoms with E-state index in [9.17, 15) is 8.42 Å². The summed E-state index contributed by atoms with van der Waals surface area (Å²) in [7, 11) is -3.87. The van der Waals surface area contributed by atoms with E-state index in [1.54, 1.807) is 31.3 Å². The van der Waals surface area contributed by atoms with Gasteiger partial charge in [0.1, 0.15) is 4.24 Å². The van der Waals surface area contributed by atoms with E-state index in [1.165, 1.54) is 11.8 Å². The highest BCUT2D eigenvalue weighted by Gasteiger charge is 2.37. The van der Waals surface area contributed by atoms with Crippen molar-refractivity contribution < 1.29 is 8.42 Å². The smallest absolute Gasteiger partial charge is 0.291 e. The van der Waals surface area contributed by atoms with E-state index in [4.69, 9.17) is 17.3 Å². The van der Waals surface area contributed by atoms with Crippen molar-refractivity contribution in [2.45, 2.75) is 18.7 Å². The zero-order chi connectivity index (χ0) is 18.0. The molecule has 0 fully saturated rings. The van der Waals surface area contributed by atoms with Gasteiger partial charge in [-0.25, -0.2) is 0 Å². The van der Waals surface area contributed by atoms with Gasteiger partial charge in [0.15, 0.2) is 0 Å². The minimum Gasteiger partial charge on any atom is -0.369 e. The lowest BCUT2D eigenvalue weighted by atomic mass is 9.94. The molecule has 1 aromatic heterocycles. The first-order chi connectivity index (χ1) is 11.9. The molecule has 2 heterocycles. The number of nitrogens with one attached hydrogen (secondary N) is 1. The van der Waals surface area contributed by atoms with E-state index in [1.807, 2.05) is 18.2 Å². The lowest BCUT2D eigenvalue weighted by molar-refractivity contribution is 0.605. The number of halogens is 1. The van der Waals surface area contributed by atoms with Crippen molar-refractivity contribution in [3.63, 3.8) is 0 Å². The first-order valence-electron chi connectivity index (χ1n) is 7.54. The fraction of sp³-hybridized carbons (Fsp3) is 0.250. The van der Waals surface area contributed by atoms with Gasteiger partial charge in [-0.2, -0.15) is 8.42 Å². The second-order valence-corrected chi connectivity index (χ2v) is 9.04. The Bertz CT molecular complexity index is 892.